The Morgan fingerprint density at radius 1 is 0.909 bits per heavy atom. The summed E-state index contributed by atoms with van der Waals surface area (Å²) in [5, 5.41) is 10.5. The van der Waals surface area contributed by atoms with Gasteiger partial charge in [-0.3, -0.25) is 4.79 Å². The Hall–Kier alpha value is -4.27. The van der Waals surface area contributed by atoms with Crippen molar-refractivity contribution in [1.29, 1.82) is 0 Å². The van der Waals surface area contributed by atoms with E-state index in [1.165, 1.54) is 12.7 Å². The Morgan fingerprint density at radius 3 is 2.45 bits per heavy atom. The van der Waals surface area contributed by atoms with Crippen LogP contribution in [-0.4, -0.2) is 43.7 Å². The summed E-state index contributed by atoms with van der Waals surface area (Å²) in [7, 11) is 0. The van der Waals surface area contributed by atoms with Crippen molar-refractivity contribution in [2.75, 3.05) is 28.6 Å². The molecule has 3 heterocycles. The lowest BCUT2D eigenvalue weighted by atomic mass is 9.97. The first kappa shape index (κ1) is 20.6. The molecule has 1 aliphatic heterocycles. The second kappa shape index (κ2) is 9.47. The highest BCUT2D eigenvalue weighted by atomic mass is 16.1. The van der Waals surface area contributed by atoms with Gasteiger partial charge >= 0.3 is 0 Å². The first-order valence-corrected chi connectivity index (χ1v) is 10.9. The zero-order chi connectivity index (χ0) is 22.5. The third-order valence-corrected chi connectivity index (χ3v) is 5.62. The fourth-order valence-corrected chi connectivity index (χ4v) is 3.93. The van der Waals surface area contributed by atoms with Crippen LogP contribution in [0.1, 0.15) is 12.8 Å². The highest BCUT2D eigenvalue weighted by molar-refractivity contribution is 5.93. The molecule has 2 aromatic carbocycles. The SMILES string of the molecule is O=C(Nc1ccc(Nc2ccccc2)cc1)C1CCCN(c2cc(-n3cncn3)ncn2)C1. The van der Waals surface area contributed by atoms with Crippen LogP contribution in [0.3, 0.4) is 0 Å². The second-order valence-corrected chi connectivity index (χ2v) is 7.92. The topological polar surface area (TPSA) is 101 Å². The molecular weight excluding hydrogens is 416 g/mol. The van der Waals surface area contributed by atoms with Crippen LogP contribution in [0.15, 0.2) is 79.6 Å². The fraction of sp³-hybridized carbons (Fsp3) is 0.208. The van der Waals surface area contributed by atoms with E-state index in [9.17, 15) is 4.79 Å². The van der Waals surface area contributed by atoms with E-state index in [4.69, 9.17) is 0 Å². The molecule has 2 N–H and O–H groups in total. The molecule has 0 spiro atoms. The summed E-state index contributed by atoms with van der Waals surface area (Å²) < 4.78 is 1.59. The standard InChI is InChI=1S/C24H24N8O/c33-24(30-21-10-8-20(9-11-21)29-19-6-2-1-3-7-19)18-5-4-12-31(14-18)22-13-23(27-16-26-22)32-17-25-15-28-32/h1-3,6-11,13,15-18,29H,4-5,12,14H2,(H,30,33). The minimum Gasteiger partial charge on any atom is -0.356 e. The molecule has 5 rings (SSSR count). The molecule has 2 aromatic heterocycles. The minimum atomic E-state index is -0.120. The van der Waals surface area contributed by atoms with Gasteiger partial charge in [0, 0.05) is 36.2 Å². The van der Waals surface area contributed by atoms with E-state index in [0.29, 0.717) is 12.4 Å². The average molecular weight is 441 g/mol. The molecule has 9 nitrogen and oxygen atoms in total. The van der Waals surface area contributed by atoms with E-state index < -0.39 is 0 Å². The molecule has 33 heavy (non-hydrogen) atoms. The van der Waals surface area contributed by atoms with Gasteiger partial charge in [-0.2, -0.15) is 5.10 Å². The van der Waals surface area contributed by atoms with Crippen molar-refractivity contribution in [2.45, 2.75) is 12.8 Å². The molecule has 0 saturated carbocycles. The number of aromatic nitrogens is 5. The first-order chi connectivity index (χ1) is 16.2. The molecule has 1 saturated heterocycles. The first-order valence-electron chi connectivity index (χ1n) is 10.9. The van der Waals surface area contributed by atoms with Crippen LogP contribution in [0.25, 0.3) is 5.82 Å². The van der Waals surface area contributed by atoms with Crippen LogP contribution in [-0.2, 0) is 4.79 Å². The smallest absolute Gasteiger partial charge is 0.229 e. The fourth-order valence-electron chi connectivity index (χ4n) is 3.93. The van der Waals surface area contributed by atoms with Crippen LogP contribution >= 0.6 is 0 Å². The van der Waals surface area contributed by atoms with E-state index in [0.717, 1.165) is 42.3 Å². The lowest BCUT2D eigenvalue weighted by Gasteiger charge is -2.32. The second-order valence-electron chi connectivity index (χ2n) is 7.92. The van der Waals surface area contributed by atoms with Gasteiger partial charge in [0.25, 0.3) is 0 Å². The van der Waals surface area contributed by atoms with Gasteiger partial charge in [0.05, 0.1) is 5.92 Å². The number of piperidine rings is 1. The number of nitrogens with one attached hydrogen (secondary N) is 2. The Labute approximate surface area is 191 Å². The Bertz CT molecular complexity index is 1190. The van der Waals surface area contributed by atoms with Crippen molar-refractivity contribution in [3.05, 3.63) is 79.6 Å². The van der Waals surface area contributed by atoms with Gasteiger partial charge in [0.1, 0.15) is 24.8 Å². The maximum atomic E-state index is 13.0. The zero-order valence-electron chi connectivity index (χ0n) is 18.0. The number of para-hydroxylation sites is 1. The Balaban J connectivity index is 1.21. The molecule has 1 amide bonds. The van der Waals surface area contributed by atoms with Gasteiger partial charge < -0.3 is 15.5 Å². The Kier molecular flexibility index (Phi) is 5.92. The van der Waals surface area contributed by atoms with Crippen molar-refractivity contribution < 1.29 is 4.79 Å². The van der Waals surface area contributed by atoms with Crippen molar-refractivity contribution in [1.82, 2.24) is 24.7 Å². The molecule has 0 bridgehead atoms. The van der Waals surface area contributed by atoms with E-state index in [1.54, 1.807) is 11.0 Å². The molecule has 9 heteroatoms. The van der Waals surface area contributed by atoms with Crippen LogP contribution in [0, 0.1) is 5.92 Å². The number of hydrogen-bond donors (Lipinski definition) is 2. The number of nitrogens with zero attached hydrogens (tertiary/aromatic N) is 6. The monoisotopic (exact) mass is 440 g/mol. The van der Waals surface area contributed by atoms with Crippen LogP contribution in [0.2, 0.25) is 0 Å². The summed E-state index contributed by atoms with van der Waals surface area (Å²) in [4.78, 5) is 27.7. The van der Waals surface area contributed by atoms with E-state index in [1.807, 2.05) is 60.7 Å². The summed E-state index contributed by atoms with van der Waals surface area (Å²) >= 11 is 0. The molecule has 4 aromatic rings. The van der Waals surface area contributed by atoms with Crippen molar-refractivity contribution >= 4 is 28.8 Å². The number of anilines is 4. The van der Waals surface area contributed by atoms with Crippen molar-refractivity contribution in [3.63, 3.8) is 0 Å². The third-order valence-electron chi connectivity index (χ3n) is 5.62. The van der Waals surface area contributed by atoms with E-state index in [-0.39, 0.29) is 11.8 Å². The largest absolute Gasteiger partial charge is 0.356 e. The molecule has 0 aliphatic carbocycles. The van der Waals surface area contributed by atoms with Crippen molar-refractivity contribution in [2.24, 2.45) is 5.92 Å². The van der Waals surface area contributed by atoms with Gasteiger partial charge in [0.2, 0.25) is 5.91 Å². The molecule has 1 fully saturated rings. The van der Waals surface area contributed by atoms with E-state index in [2.05, 4.69) is 35.6 Å². The van der Waals surface area contributed by atoms with Crippen LogP contribution < -0.4 is 15.5 Å². The Morgan fingerprint density at radius 2 is 1.67 bits per heavy atom. The van der Waals surface area contributed by atoms with Gasteiger partial charge in [-0.1, -0.05) is 18.2 Å². The number of carbonyl (C=O) groups is 1. The predicted octanol–water partition coefficient (Wildman–Crippen LogP) is 3.66. The zero-order valence-corrected chi connectivity index (χ0v) is 18.0. The molecule has 0 radical (unpaired) electrons. The van der Waals surface area contributed by atoms with Crippen LogP contribution in [0.5, 0.6) is 0 Å². The number of rotatable bonds is 6. The third kappa shape index (κ3) is 4.98. The maximum absolute atomic E-state index is 13.0. The lowest BCUT2D eigenvalue weighted by molar-refractivity contribution is -0.120. The quantitative estimate of drug-likeness (QED) is 0.472. The lowest BCUT2D eigenvalue weighted by Crippen LogP contribution is -2.41. The summed E-state index contributed by atoms with van der Waals surface area (Å²) in [5.74, 6) is 1.33. The van der Waals surface area contributed by atoms with Crippen LogP contribution in [0.4, 0.5) is 22.9 Å². The highest BCUT2D eigenvalue weighted by Gasteiger charge is 2.27. The van der Waals surface area contributed by atoms with Crippen molar-refractivity contribution in [3.8, 4) is 5.82 Å². The highest BCUT2D eigenvalue weighted by Crippen LogP contribution is 2.24. The number of amides is 1. The number of benzene rings is 2. The maximum Gasteiger partial charge on any atom is 0.229 e. The minimum absolute atomic E-state index is 0.0222. The van der Waals surface area contributed by atoms with Gasteiger partial charge in [0.15, 0.2) is 5.82 Å². The molecule has 1 atom stereocenters. The average Bonchev–Trinajstić information content (AvgIpc) is 3.41. The molecular formula is C24H24N8O. The van der Waals surface area contributed by atoms with E-state index >= 15 is 0 Å². The normalized spacial score (nSPS) is 15.8. The molecule has 1 aliphatic rings. The predicted molar refractivity (Wildman–Crippen MR) is 127 cm³/mol. The molecule has 166 valence electrons. The number of carbonyl (C=O) groups excluding carboxylic acids is 1. The van der Waals surface area contributed by atoms with Gasteiger partial charge in [-0.25, -0.2) is 19.6 Å². The summed E-state index contributed by atoms with van der Waals surface area (Å²) in [5.41, 5.74) is 2.77. The van der Waals surface area contributed by atoms with Gasteiger partial charge in [-0.15, -0.1) is 0 Å². The summed E-state index contributed by atoms with van der Waals surface area (Å²) in [6.45, 7) is 1.45. The molecule has 1 unspecified atom stereocenters. The summed E-state index contributed by atoms with van der Waals surface area (Å²) in [6, 6.07) is 19.6. The van der Waals surface area contributed by atoms with Gasteiger partial charge in [-0.05, 0) is 49.2 Å². The summed E-state index contributed by atoms with van der Waals surface area (Å²) in [6.07, 6.45) is 6.34. The number of hydrogen-bond acceptors (Lipinski definition) is 7.